The Kier molecular flexibility index (Phi) is 9.01. The van der Waals surface area contributed by atoms with Crippen LogP contribution in [0.15, 0.2) is 48.5 Å². The molecule has 2 amide bonds. The molecule has 4 unspecified atom stereocenters. The van der Waals surface area contributed by atoms with Crippen LogP contribution < -0.4 is 29.6 Å². The van der Waals surface area contributed by atoms with E-state index in [9.17, 15) is 9.59 Å². The van der Waals surface area contributed by atoms with E-state index in [1.54, 1.807) is 76.6 Å². The molecule has 3 rings (SSSR count). The van der Waals surface area contributed by atoms with Gasteiger partial charge in [-0.05, 0) is 75.2 Å². The molecule has 1 fully saturated rings. The van der Waals surface area contributed by atoms with Crippen molar-refractivity contribution in [2.75, 3.05) is 14.2 Å². The second-order valence-electron chi connectivity index (χ2n) is 8.39. The molecule has 0 aliphatic heterocycles. The van der Waals surface area contributed by atoms with E-state index in [1.165, 1.54) is 0 Å². The van der Waals surface area contributed by atoms with Crippen molar-refractivity contribution in [2.24, 2.45) is 0 Å². The lowest BCUT2D eigenvalue weighted by atomic mass is 9.90. The van der Waals surface area contributed by atoms with Crippen molar-refractivity contribution in [1.82, 2.24) is 10.6 Å². The molecule has 2 N–H and O–H groups in total. The molecule has 2 aromatic carbocycles. The van der Waals surface area contributed by atoms with Gasteiger partial charge in [0.1, 0.15) is 23.0 Å². The van der Waals surface area contributed by atoms with E-state index in [2.05, 4.69) is 10.6 Å². The molecule has 0 bridgehead atoms. The van der Waals surface area contributed by atoms with Crippen molar-refractivity contribution in [3.63, 3.8) is 0 Å². The maximum Gasteiger partial charge on any atom is 0.261 e. The van der Waals surface area contributed by atoms with Crippen LogP contribution in [0, 0.1) is 0 Å². The normalized spacial score (nSPS) is 19.3. The lowest BCUT2D eigenvalue weighted by Gasteiger charge is -2.34. The summed E-state index contributed by atoms with van der Waals surface area (Å²) in [7, 11) is 3.19. The van der Waals surface area contributed by atoms with Gasteiger partial charge in [-0.3, -0.25) is 9.59 Å². The highest BCUT2D eigenvalue weighted by molar-refractivity contribution is 5.82. The largest absolute Gasteiger partial charge is 0.497 e. The predicted octanol–water partition coefficient (Wildman–Crippen LogP) is 3.48. The first-order valence-electron chi connectivity index (χ1n) is 11.6. The molecule has 1 saturated carbocycles. The van der Waals surface area contributed by atoms with Crippen molar-refractivity contribution >= 4 is 11.8 Å². The standard InChI is InChI=1S/C26H34N2O6/c1-17(33-21-13-9-19(31-3)10-14-21)25(29)27-23-7-5-6-8-24(23)28-26(30)18(2)34-22-15-11-20(32-4)12-16-22/h9-18,23-24H,5-8H2,1-4H3,(H,27,29)(H,28,30). The summed E-state index contributed by atoms with van der Waals surface area (Å²) in [6.45, 7) is 3.42. The van der Waals surface area contributed by atoms with E-state index in [1.807, 2.05) is 0 Å². The molecule has 0 heterocycles. The molecule has 0 aromatic heterocycles. The molecule has 34 heavy (non-hydrogen) atoms. The maximum absolute atomic E-state index is 12.8. The first-order valence-corrected chi connectivity index (χ1v) is 11.6. The van der Waals surface area contributed by atoms with Crippen LogP contribution in [0.5, 0.6) is 23.0 Å². The van der Waals surface area contributed by atoms with E-state index >= 15 is 0 Å². The topological polar surface area (TPSA) is 95.1 Å². The number of hydrogen-bond acceptors (Lipinski definition) is 6. The minimum atomic E-state index is -0.677. The summed E-state index contributed by atoms with van der Waals surface area (Å²) in [5.74, 6) is 2.17. The Labute approximate surface area is 200 Å². The van der Waals surface area contributed by atoms with Gasteiger partial charge in [-0.2, -0.15) is 0 Å². The van der Waals surface area contributed by atoms with Gasteiger partial charge in [-0.25, -0.2) is 0 Å². The molecular formula is C26H34N2O6. The number of carbonyl (C=O) groups excluding carboxylic acids is 2. The fraction of sp³-hybridized carbons (Fsp3) is 0.462. The van der Waals surface area contributed by atoms with Crippen LogP contribution in [0.25, 0.3) is 0 Å². The Morgan fingerprint density at radius 1 is 0.676 bits per heavy atom. The van der Waals surface area contributed by atoms with Gasteiger partial charge in [0.25, 0.3) is 11.8 Å². The van der Waals surface area contributed by atoms with E-state index in [-0.39, 0.29) is 23.9 Å². The molecule has 0 radical (unpaired) electrons. The number of ether oxygens (including phenoxy) is 4. The fourth-order valence-corrected chi connectivity index (χ4v) is 3.90. The highest BCUT2D eigenvalue weighted by Gasteiger charge is 2.31. The Bertz CT molecular complexity index is 854. The quantitative estimate of drug-likeness (QED) is 0.552. The molecule has 4 atom stereocenters. The second-order valence-corrected chi connectivity index (χ2v) is 8.39. The zero-order chi connectivity index (χ0) is 24.5. The molecule has 0 saturated heterocycles. The van der Waals surface area contributed by atoms with Crippen LogP contribution in [-0.2, 0) is 9.59 Å². The Balaban J connectivity index is 1.52. The third-order valence-corrected chi connectivity index (χ3v) is 5.90. The SMILES string of the molecule is COc1ccc(OC(C)C(=O)NC2CCCCC2NC(=O)C(C)Oc2ccc(OC)cc2)cc1. The lowest BCUT2D eigenvalue weighted by molar-refractivity contribution is -0.131. The average Bonchev–Trinajstić information content (AvgIpc) is 2.86. The van der Waals surface area contributed by atoms with Crippen LogP contribution in [-0.4, -0.2) is 50.3 Å². The van der Waals surface area contributed by atoms with Gasteiger partial charge in [0, 0.05) is 12.1 Å². The van der Waals surface area contributed by atoms with Crippen LogP contribution in [0.3, 0.4) is 0 Å². The number of nitrogens with one attached hydrogen (secondary N) is 2. The minimum absolute atomic E-state index is 0.166. The summed E-state index contributed by atoms with van der Waals surface area (Å²) >= 11 is 0. The summed E-state index contributed by atoms with van der Waals surface area (Å²) in [6.07, 6.45) is 2.21. The van der Waals surface area contributed by atoms with Crippen LogP contribution in [0.1, 0.15) is 39.5 Å². The maximum atomic E-state index is 12.8. The highest BCUT2D eigenvalue weighted by atomic mass is 16.5. The number of benzene rings is 2. The smallest absolute Gasteiger partial charge is 0.261 e. The molecule has 8 heteroatoms. The Hall–Kier alpha value is -3.42. The van der Waals surface area contributed by atoms with E-state index in [0.29, 0.717) is 11.5 Å². The van der Waals surface area contributed by atoms with Gasteiger partial charge in [0.2, 0.25) is 0 Å². The summed E-state index contributed by atoms with van der Waals surface area (Å²) in [5, 5.41) is 6.12. The summed E-state index contributed by atoms with van der Waals surface area (Å²) in [6, 6.07) is 13.8. The molecule has 184 valence electrons. The first kappa shape index (κ1) is 25.2. The van der Waals surface area contributed by atoms with Crippen molar-refractivity contribution < 1.29 is 28.5 Å². The molecule has 2 aromatic rings. The zero-order valence-electron chi connectivity index (χ0n) is 20.2. The second kappa shape index (κ2) is 12.2. The van der Waals surface area contributed by atoms with E-state index in [0.717, 1.165) is 37.2 Å². The van der Waals surface area contributed by atoms with Crippen molar-refractivity contribution in [3.05, 3.63) is 48.5 Å². The average molecular weight is 471 g/mol. The van der Waals surface area contributed by atoms with Crippen LogP contribution in [0.4, 0.5) is 0 Å². The van der Waals surface area contributed by atoms with Gasteiger partial charge in [-0.1, -0.05) is 12.8 Å². The molecule has 8 nitrogen and oxygen atoms in total. The van der Waals surface area contributed by atoms with Gasteiger partial charge in [0.05, 0.1) is 14.2 Å². The van der Waals surface area contributed by atoms with E-state index in [4.69, 9.17) is 18.9 Å². The van der Waals surface area contributed by atoms with E-state index < -0.39 is 12.2 Å². The molecule has 1 aliphatic rings. The summed E-state index contributed by atoms with van der Waals surface area (Å²) in [4.78, 5) is 25.6. The fourth-order valence-electron chi connectivity index (χ4n) is 3.90. The Morgan fingerprint density at radius 2 is 1.00 bits per heavy atom. The Morgan fingerprint density at radius 3 is 1.32 bits per heavy atom. The van der Waals surface area contributed by atoms with Crippen molar-refractivity contribution in [2.45, 2.75) is 63.8 Å². The predicted molar refractivity (Wildman–Crippen MR) is 128 cm³/mol. The van der Waals surface area contributed by atoms with Gasteiger partial charge in [0.15, 0.2) is 12.2 Å². The zero-order valence-corrected chi connectivity index (χ0v) is 20.2. The van der Waals surface area contributed by atoms with Crippen LogP contribution in [0.2, 0.25) is 0 Å². The molecular weight excluding hydrogens is 436 g/mol. The third-order valence-electron chi connectivity index (χ3n) is 5.90. The minimum Gasteiger partial charge on any atom is -0.497 e. The summed E-state index contributed by atoms with van der Waals surface area (Å²) < 4.78 is 21.8. The number of rotatable bonds is 10. The number of hydrogen-bond donors (Lipinski definition) is 2. The monoisotopic (exact) mass is 470 g/mol. The van der Waals surface area contributed by atoms with Gasteiger partial charge < -0.3 is 29.6 Å². The number of amides is 2. The molecule has 0 spiro atoms. The molecule has 1 aliphatic carbocycles. The third kappa shape index (κ3) is 7.04. The van der Waals surface area contributed by atoms with Crippen LogP contribution >= 0.6 is 0 Å². The summed E-state index contributed by atoms with van der Waals surface area (Å²) in [5.41, 5.74) is 0. The van der Waals surface area contributed by atoms with Gasteiger partial charge in [-0.15, -0.1) is 0 Å². The van der Waals surface area contributed by atoms with Crippen molar-refractivity contribution in [1.29, 1.82) is 0 Å². The van der Waals surface area contributed by atoms with Crippen molar-refractivity contribution in [3.8, 4) is 23.0 Å². The number of carbonyl (C=O) groups is 2. The lowest BCUT2D eigenvalue weighted by Crippen LogP contribution is -2.56. The highest BCUT2D eigenvalue weighted by Crippen LogP contribution is 2.22. The van der Waals surface area contributed by atoms with Gasteiger partial charge >= 0.3 is 0 Å². The number of methoxy groups -OCH3 is 2. The first-order chi connectivity index (χ1) is 16.4.